The highest BCUT2D eigenvalue weighted by Gasteiger charge is 2.42. The second-order valence-electron chi connectivity index (χ2n) is 6.52. The zero-order valence-electron chi connectivity index (χ0n) is 13.4. The van der Waals surface area contributed by atoms with Crippen molar-refractivity contribution in [2.45, 2.75) is 25.7 Å². The Morgan fingerprint density at radius 2 is 1.86 bits per heavy atom. The van der Waals surface area contributed by atoms with Gasteiger partial charge in [-0.05, 0) is 19.9 Å². The molecule has 2 heterocycles. The first kappa shape index (κ1) is 14.0. The minimum Gasteiger partial charge on any atom is -0.238 e. The fourth-order valence-electron chi connectivity index (χ4n) is 3.39. The monoisotopic (exact) mass is 280 g/mol. The molecule has 21 heavy (non-hydrogen) atoms. The topological polar surface area (TPSA) is 6.02 Å². The van der Waals surface area contributed by atoms with Crippen LogP contribution in [-0.4, -0.2) is 41.7 Å². The molecular formula is C19H24N2+2. The summed E-state index contributed by atoms with van der Waals surface area (Å²) in [5.74, 6) is 0. The number of hydrogen-bond donors (Lipinski definition) is 0. The third kappa shape index (κ3) is 2.39. The van der Waals surface area contributed by atoms with Crippen LogP contribution in [0.1, 0.15) is 25.8 Å². The molecule has 1 aromatic rings. The van der Waals surface area contributed by atoms with E-state index in [9.17, 15) is 0 Å². The van der Waals surface area contributed by atoms with E-state index in [1.54, 1.807) is 0 Å². The van der Waals surface area contributed by atoms with E-state index in [2.05, 4.69) is 85.8 Å². The summed E-state index contributed by atoms with van der Waals surface area (Å²) in [5.41, 5.74) is 5.44. The van der Waals surface area contributed by atoms with Crippen LogP contribution < -0.4 is 0 Å². The van der Waals surface area contributed by atoms with E-state index >= 15 is 0 Å². The second kappa shape index (κ2) is 5.10. The van der Waals surface area contributed by atoms with E-state index in [4.69, 9.17) is 0 Å². The maximum absolute atomic E-state index is 2.32. The van der Waals surface area contributed by atoms with Crippen molar-refractivity contribution in [3.05, 3.63) is 53.6 Å². The third-order valence-electron chi connectivity index (χ3n) is 4.61. The Morgan fingerprint density at radius 3 is 2.57 bits per heavy atom. The van der Waals surface area contributed by atoms with Gasteiger partial charge in [-0.3, -0.25) is 0 Å². The van der Waals surface area contributed by atoms with Crippen LogP contribution in [-0.2, 0) is 5.41 Å². The first-order valence-corrected chi connectivity index (χ1v) is 7.64. The molecule has 2 nitrogen and oxygen atoms in total. The van der Waals surface area contributed by atoms with Crippen LogP contribution in [0.25, 0.3) is 0 Å². The summed E-state index contributed by atoms with van der Waals surface area (Å²) in [5, 5.41) is 0. The zero-order valence-corrected chi connectivity index (χ0v) is 13.4. The Morgan fingerprint density at radius 1 is 1.10 bits per heavy atom. The van der Waals surface area contributed by atoms with Gasteiger partial charge >= 0.3 is 0 Å². The predicted octanol–water partition coefficient (Wildman–Crippen LogP) is 3.29. The van der Waals surface area contributed by atoms with E-state index in [1.807, 2.05) is 0 Å². The summed E-state index contributed by atoms with van der Waals surface area (Å²) < 4.78 is 4.57. The Balaban J connectivity index is 1.97. The summed E-state index contributed by atoms with van der Waals surface area (Å²) in [6.07, 6.45) is 10.2. The Kier molecular flexibility index (Phi) is 3.40. The van der Waals surface area contributed by atoms with Crippen LogP contribution in [0.2, 0.25) is 0 Å². The molecule has 0 bridgehead atoms. The molecule has 0 atom stereocenters. The van der Waals surface area contributed by atoms with Gasteiger partial charge in [0.05, 0.1) is 5.41 Å². The molecule has 0 amide bonds. The fourth-order valence-corrected chi connectivity index (χ4v) is 3.39. The third-order valence-corrected chi connectivity index (χ3v) is 4.61. The molecule has 108 valence electrons. The van der Waals surface area contributed by atoms with Gasteiger partial charge in [-0.1, -0.05) is 24.3 Å². The number of fused-ring (bicyclic) bond motifs is 1. The zero-order chi connectivity index (χ0) is 15.0. The molecule has 2 aliphatic heterocycles. The van der Waals surface area contributed by atoms with Gasteiger partial charge in [0.2, 0.25) is 5.69 Å². The number of allylic oxidation sites excluding steroid dienone is 3. The number of nitrogens with zero attached hydrogens (tertiary/aromatic N) is 2. The molecule has 0 unspecified atom stereocenters. The van der Waals surface area contributed by atoms with Crippen molar-refractivity contribution in [1.82, 2.24) is 0 Å². The lowest BCUT2D eigenvalue weighted by atomic mass is 9.81. The molecule has 1 aromatic carbocycles. The standard InChI is InChI=1S/C19H24N2/c1-19(2)16-9-5-6-10-17(16)21(4)18(19)12-11-15-8-7-13-20(3)14-15/h5-6,8-12,14H,7,13H2,1-4H3/q+2/b12-11+. The molecule has 0 radical (unpaired) electrons. The van der Waals surface area contributed by atoms with Crippen molar-refractivity contribution in [3.63, 3.8) is 0 Å². The molecule has 3 rings (SSSR count). The van der Waals surface area contributed by atoms with Gasteiger partial charge in [0.1, 0.15) is 20.6 Å². The quantitative estimate of drug-likeness (QED) is 0.733. The van der Waals surface area contributed by atoms with Crippen molar-refractivity contribution in [2.75, 3.05) is 20.6 Å². The van der Waals surface area contributed by atoms with Gasteiger partial charge in [0, 0.05) is 29.7 Å². The summed E-state index contributed by atoms with van der Waals surface area (Å²) in [6, 6.07) is 8.70. The molecule has 2 aliphatic rings. The fraction of sp³-hybridized carbons (Fsp3) is 0.368. The molecule has 0 fully saturated rings. The van der Waals surface area contributed by atoms with Crippen LogP contribution in [0.5, 0.6) is 0 Å². The van der Waals surface area contributed by atoms with E-state index in [-0.39, 0.29) is 5.41 Å². The Labute approximate surface area is 127 Å². The molecular weight excluding hydrogens is 256 g/mol. The maximum Gasteiger partial charge on any atom is 0.209 e. The van der Waals surface area contributed by atoms with Crippen LogP contribution in [0.15, 0.2) is 48.1 Å². The summed E-state index contributed by atoms with van der Waals surface area (Å²) >= 11 is 0. The Hall–Kier alpha value is -1.96. The molecule has 0 spiro atoms. The van der Waals surface area contributed by atoms with E-state index in [0.717, 1.165) is 13.0 Å². The van der Waals surface area contributed by atoms with E-state index in [0.29, 0.717) is 0 Å². The first-order valence-electron chi connectivity index (χ1n) is 7.64. The second-order valence-corrected chi connectivity index (χ2v) is 6.52. The maximum atomic E-state index is 2.32. The normalized spacial score (nSPS) is 20.6. The van der Waals surface area contributed by atoms with Gasteiger partial charge in [0.15, 0.2) is 11.9 Å². The molecule has 2 heteroatoms. The predicted molar refractivity (Wildman–Crippen MR) is 89.3 cm³/mol. The highest BCUT2D eigenvalue weighted by molar-refractivity contribution is 6.03. The Bertz CT molecular complexity index is 700. The van der Waals surface area contributed by atoms with Crippen molar-refractivity contribution >= 4 is 17.6 Å². The number of hydrogen-bond acceptors (Lipinski definition) is 0. The van der Waals surface area contributed by atoms with Crippen molar-refractivity contribution < 1.29 is 9.15 Å². The molecule has 0 aliphatic carbocycles. The van der Waals surface area contributed by atoms with Gasteiger partial charge in [-0.25, -0.2) is 4.58 Å². The highest BCUT2D eigenvalue weighted by Crippen LogP contribution is 2.38. The summed E-state index contributed by atoms with van der Waals surface area (Å²) in [6.45, 7) is 5.73. The SMILES string of the molecule is C[N+]1=CC(/C=C/C2=[N+](C)c3ccccc3C2(C)C)=CCC1. The summed E-state index contributed by atoms with van der Waals surface area (Å²) in [7, 11) is 4.30. The molecule has 0 saturated heterocycles. The van der Waals surface area contributed by atoms with Crippen LogP contribution in [0, 0.1) is 0 Å². The van der Waals surface area contributed by atoms with E-state index < -0.39 is 0 Å². The van der Waals surface area contributed by atoms with E-state index in [1.165, 1.54) is 22.5 Å². The lowest BCUT2D eigenvalue weighted by molar-refractivity contribution is -0.492. The lowest BCUT2D eigenvalue weighted by Gasteiger charge is -2.15. The minimum atomic E-state index is 0.0585. The molecule has 0 aromatic heterocycles. The number of rotatable bonds is 2. The minimum absolute atomic E-state index is 0.0585. The van der Waals surface area contributed by atoms with Gasteiger partial charge < -0.3 is 0 Å². The largest absolute Gasteiger partial charge is 0.238 e. The molecule has 0 N–H and O–H groups in total. The van der Waals surface area contributed by atoms with Gasteiger partial charge in [0.25, 0.3) is 0 Å². The number of benzene rings is 1. The highest BCUT2D eigenvalue weighted by atomic mass is 15.0. The first-order chi connectivity index (χ1) is 10.00. The van der Waals surface area contributed by atoms with Crippen molar-refractivity contribution in [3.8, 4) is 0 Å². The van der Waals surface area contributed by atoms with Crippen LogP contribution in [0.4, 0.5) is 5.69 Å². The smallest absolute Gasteiger partial charge is 0.209 e. The molecule has 0 saturated carbocycles. The van der Waals surface area contributed by atoms with Crippen LogP contribution >= 0.6 is 0 Å². The van der Waals surface area contributed by atoms with Crippen molar-refractivity contribution in [2.24, 2.45) is 0 Å². The summed E-state index contributed by atoms with van der Waals surface area (Å²) in [4.78, 5) is 0. The van der Waals surface area contributed by atoms with Crippen LogP contribution in [0.3, 0.4) is 0 Å². The van der Waals surface area contributed by atoms with Gasteiger partial charge in [-0.2, -0.15) is 4.58 Å². The van der Waals surface area contributed by atoms with Gasteiger partial charge in [-0.15, -0.1) is 0 Å². The average Bonchev–Trinajstić information content (AvgIpc) is 2.65. The average molecular weight is 280 g/mol. The van der Waals surface area contributed by atoms with Crippen molar-refractivity contribution in [1.29, 1.82) is 0 Å². The lowest BCUT2D eigenvalue weighted by Crippen LogP contribution is -2.26. The number of para-hydroxylation sites is 1.